The molecular formula is C16H9ClF3N3O2. The largest absolute Gasteiger partial charge is 0.418 e. The van der Waals surface area contributed by atoms with Gasteiger partial charge in [0, 0.05) is 5.02 Å². The maximum atomic E-state index is 13.0. The zero-order valence-electron chi connectivity index (χ0n) is 12.3. The number of halogens is 4. The van der Waals surface area contributed by atoms with Crippen molar-refractivity contribution in [2.24, 2.45) is 0 Å². The second-order valence-corrected chi connectivity index (χ2v) is 5.19. The van der Waals surface area contributed by atoms with Crippen LogP contribution in [0.2, 0.25) is 5.02 Å². The minimum absolute atomic E-state index is 0.0669. The molecule has 0 saturated heterocycles. The van der Waals surface area contributed by atoms with Gasteiger partial charge in [0.15, 0.2) is 0 Å². The van der Waals surface area contributed by atoms with Crippen molar-refractivity contribution in [3.63, 3.8) is 0 Å². The molecule has 0 aliphatic rings. The first-order valence-electron chi connectivity index (χ1n) is 6.70. The summed E-state index contributed by atoms with van der Waals surface area (Å²) < 4.78 is 38.9. The number of nitrogens with one attached hydrogen (secondary N) is 2. The first-order valence-corrected chi connectivity index (χ1v) is 7.08. The number of benzene rings is 2. The molecule has 0 unspecified atom stereocenters. The predicted molar refractivity (Wildman–Crippen MR) is 84.9 cm³/mol. The number of para-hydroxylation sites is 1. The molecule has 0 aliphatic carbocycles. The lowest BCUT2D eigenvalue weighted by molar-refractivity contribution is -0.137. The van der Waals surface area contributed by atoms with Crippen LogP contribution in [0, 0.1) is 11.3 Å². The van der Waals surface area contributed by atoms with Crippen molar-refractivity contribution in [1.29, 1.82) is 5.26 Å². The Labute approximate surface area is 145 Å². The first-order chi connectivity index (χ1) is 11.7. The van der Waals surface area contributed by atoms with Crippen LogP contribution >= 0.6 is 11.6 Å². The molecule has 0 atom stereocenters. The van der Waals surface area contributed by atoms with Crippen LogP contribution in [0.5, 0.6) is 0 Å². The Balaban J connectivity index is 2.20. The van der Waals surface area contributed by atoms with Crippen molar-refractivity contribution in [3.05, 3.63) is 58.6 Å². The molecule has 2 amide bonds. The highest BCUT2D eigenvalue weighted by Crippen LogP contribution is 2.36. The Morgan fingerprint density at radius 1 is 1.00 bits per heavy atom. The van der Waals surface area contributed by atoms with E-state index in [-0.39, 0.29) is 16.3 Å². The van der Waals surface area contributed by atoms with Gasteiger partial charge in [0.2, 0.25) is 0 Å². The van der Waals surface area contributed by atoms with Crippen molar-refractivity contribution in [2.75, 3.05) is 10.6 Å². The summed E-state index contributed by atoms with van der Waals surface area (Å²) >= 11 is 5.54. The third kappa shape index (κ3) is 4.49. The van der Waals surface area contributed by atoms with Gasteiger partial charge in [-0.2, -0.15) is 18.4 Å². The Bertz CT molecular complexity index is 876. The summed E-state index contributed by atoms with van der Waals surface area (Å²) in [6.45, 7) is 0. The summed E-state index contributed by atoms with van der Waals surface area (Å²) in [5, 5.41) is 12.8. The fraction of sp³-hybridized carbons (Fsp3) is 0.0625. The van der Waals surface area contributed by atoms with Crippen LogP contribution < -0.4 is 10.6 Å². The minimum atomic E-state index is -4.77. The van der Waals surface area contributed by atoms with Crippen LogP contribution in [0.3, 0.4) is 0 Å². The van der Waals surface area contributed by atoms with Gasteiger partial charge in [-0.1, -0.05) is 23.7 Å². The quantitative estimate of drug-likeness (QED) is 0.792. The highest BCUT2D eigenvalue weighted by molar-refractivity contribution is 6.43. The highest BCUT2D eigenvalue weighted by Gasteiger charge is 2.34. The number of carbonyl (C=O) groups is 2. The number of amides is 2. The SMILES string of the molecule is N#Cc1ccccc1NC(=O)C(=O)Nc1ccc(Cl)cc1C(F)(F)F. The number of rotatable bonds is 2. The van der Waals surface area contributed by atoms with Gasteiger partial charge in [-0.15, -0.1) is 0 Å². The molecule has 9 heteroatoms. The fourth-order valence-corrected chi connectivity index (χ4v) is 2.08. The normalized spacial score (nSPS) is 10.7. The number of hydrogen-bond donors (Lipinski definition) is 2. The van der Waals surface area contributed by atoms with E-state index in [1.165, 1.54) is 18.2 Å². The lowest BCUT2D eigenvalue weighted by atomic mass is 10.1. The number of alkyl halides is 3. The van der Waals surface area contributed by atoms with Crippen LogP contribution in [0.25, 0.3) is 0 Å². The molecule has 0 bridgehead atoms. The second kappa shape index (κ2) is 7.23. The Kier molecular flexibility index (Phi) is 5.29. The predicted octanol–water partition coefficient (Wildman–Crippen LogP) is 3.81. The van der Waals surface area contributed by atoms with E-state index < -0.39 is 29.2 Å². The van der Waals surface area contributed by atoms with Crippen LogP contribution in [-0.2, 0) is 15.8 Å². The Morgan fingerprint density at radius 3 is 2.20 bits per heavy atom. The van der Waals surface area contributed by atoms with Gasteiger partial charge < -0.3 is 10.6 Å². The van der Waals surface area contributed by atoms with Gasteiger partial charge in [0.1, 0.15) is 6.07 Å². The summed E-state index contributed by atoms with van der Waals surface area (Å²) in [4.78, 5) is 23.7. The summed E-state index contributed by atoms with van der Waals surface area (Å²) in [5.41, 5.74) is -1.62. The average molecular weight is 368 g/mol. The number of anilines is 2. The van der Waals surface area contributed by atoms with E-state index in [0.29, 0.717) is 6.07 Å². The molecule has 2 aromatic carbocycles. The van der Waals surface area contributed by atoms with Gasteiger partial charge in [0.05, 0.1) is 22.5 Å². The van der Waals surface area contributed by atoms with E-state index >= 15 is 0 Å². The standard InChI is InChI=1S/C16H9ClF3N3O2/c17-10-5-6-13(11(7-10)16(18,19)20)23-15(25)14(24)22-12-4-2-1-3-9(12)8-21/h1-7H,(H,22,24)(H,23,25). The fourth-order valence-electron chi connectivity index (χ4n) is 1.91. The van der Waals surface area contributed by atoms with E-state index in [4.69, 9.17) is 16.9 Å². The van der Waals surface area contributed by atoms with Gasteiger partial charge in [0.25, 0.3) is 0 Å². The summed E-state index contributed by atoms with van der Waals surface area (Å²) in [6.07, 6.45) is -4.77. The summed E-state index contributed by atoms with van der Waals surface area (Å²) in [7, 11) is 0. The first kappa shape index (κ1) is 18.3. The number of hydrogen-bond acceptors (Lipinski definition) is 3. The number of nitriles is 1. The second-order valence-electron chi connectivity index (χ2n) is 4.75. The van der Waals surface area contributed by atoms with Gasteiger partial charge in [-0.05, 0) is 30.3 Å². The van der Waals surface area contributed by atoms with Crippen molar-refractivity contribution in [3.8, 4) is 6.07 Å². The zero-order valence-corrected chi connectivity index (χ0v) is 13.1. The molecule has 0 aliphatic heterocycles. The molecular weight excluding hydrogens is 359 g/mol. The molecule has 0 fully saturated rings. The molecule has 128 valence electrons. The van der Waals surface area contributed by atoms with Crippen molar-refractivity contribution < 1.29 is 22.8 Å². The number of nitrogens with zero attached hydrogens (tertiary/aromatic N) is 1. The molecule has 0 spiro atoms. The minimum Gasteiger partial charge on any atom is -0.317 e. The average Bonchev–Trinajstić information content (AvgIpc) is 2.56. The molecule has 2 aromatic rings. The Hall–Kier alpha value is -3.05. The van der Waals surface area contributed by atoms with Crippen LogP contribution in [0.4, 0.5) is 24.5 Å². The summed E-state index contributed by atoms with van der Waals surface area (Å²) in [6, 6.07) is 10.4. The molecule has 25 heavy (non-hydrogen) atoms. The van der Waals surface area contributed by atoms with Gasteiger partial charge >= 0.3 is 18.0 Å². The maximum Gasteiger partial charge on any atom is 0.418 e. The van der Waals surface area contributed by atoms with E-state index in [9.17, 15) is 22.8 Å². The topological polar surface area (TPSA) is 82.0 Å². The van der Waals surface area contributed by atoms with Gasteiger partial charge in [-0.3, -0.25) is 9.59 Å². The third-order valence-electron chi connectivity index (χ3n) is 3.04. The molecule has 0 radical (unpaired) electrons. The van der Waals surface area contributed by atoms with Crippen LogP contribution in [-0.4, -0.2) is 11.8 Å². The molecule has 0 aromatic heterocycles. The van der Waals surface area contributed by atoms with Crippen LogP contribution in [0.1, 0.15) is 11.1 Å². The molecule has 0 heterocycles. The summed E-state index contributed by atoms with van der Waals surface area (Å²) in [5.74, 6) is -2.54. The van der Waals surface area contributed by atoms with Crippen molar-refractivity contribution in [1.82, 2.24) is 0 Å². The lowest BCUT2D eigenvalue weighted by Gasteiger charge is -2.14. The van der Waals surface area contributed by atoms with Crippen LogP contribution in [0.15, 0.2) is 42.5 Å². The van der Waals surface area contributed by atoms with E-state index in [2.05, 4.69) is 5.32 Å². The molecule has 2 N–H and O–H groups in total. The highest BCUT2D eigenvalue weighted by atomic mass is 35.5. The maximum absolute atomic E-state index is 13.0. The van der Waals surface area contributed by atoms with E-state index in [0.717, 1.165) is 12.1 Å². The number of carbonyl (C=O) groups excluding carboxylic acids is 2. The van der Waals surface area contributed by atoms with Crippen molar-refractivity contribution in [2.45, 2.75) is 6.18 Å². The zero-order chi connectivity index (χ0) is 18.6. The van der Waals surface area contributed by atoms with Crippen molar-refractivity contribution >= 4 is 34.8 Å². The van der Waals surface area contributed by atoms with E-state index in [1.807, 2.05) is 11.4 Å². The molecule has 0 saturated carbocycles. The van der Waals surface area contributed by atoms with E-state index in [1.54, 1.807) is 6.07 Å². The lowest BCUT2D eigenvalue weighted by Crippen LogP contribution is -2.30. The molecule has 5 nitrogen and oxygen atoms in total. The Morgan fingerprint density at radius 2 is 1.60 bits per heavy atom. The smallest absolute Gasteiger partial charge is 0.317 e. The monoisotopic (exact) mass is 367 g/mol. The third-order valence-corrected chi connectivity index (χ3v) is 3.27. The molecule has 2 rings (SSSR count). The van der Waals surface area contributed by atoms with Gasteiger partial charge in [-0.25, -0.2) is 0 Å².